The number of amides is 2. The van der Waals surface area contributed by atoms with E-state index in [-0.39, 0.29) is 17.5 Å². The van der Waals surface area contributed by atoms with Crippen LogP contribution in [-0.2, 0) is 9.59 Å². The molecule has 0 radical (unpaired) electrons. The molecule has 4 aliphatic carbocycles. The van der Waals surface area contributed by atoms with E-state index in [4.69, 9.17) is 11.6 Å². The molecule has 0 aromatic carbocycles. The van der Waals surface area contributed by atoms with Crippen molar-refractivity contribution >= 4 is 45.9 Å². The van der Waals surface area contributed by atoms with Crippen LogP contribution in [0.2, 0.25) is 5.02 Å². The van der Waals surface area contributed by atoms with E-state index in [1.807, 2.05) is 19.1 Å². The fourth-order valence-electron chi connectivity index (χ4n) is 6.05. The van der Waals surface area contributed by atoms with E-state index in [1.54, 1.807) is 22.4 Å². The second-order valence-corrected chi connectivity index (χ2v) is 12.3. The van der Waals surface area contributed by atoms with Crippen LogP contribution in [0.5, 0.6) is 0 Å². The second kappa shape index (κ2) is 10.1. The number of anilines is 2. The number of pyridine rings is 1. The Hall–Kier alpha value is -2.12. The van der Waals surface area contributed by atoms with E-state index < -0.39 is 6.04 Å². The van der Waals surface area contributed by atoms with Crippen LogP contribution in [0.15, 0.2) is 24.4 Å². The molecule has 0 saturated heterocycles. The summed E-state index contributed by atoms with van der Waals surface area (Å²) >= 11 is 7.75. The fraction of sp³-hybridized carbons (Fsp3) is 0.593. The average molecular weight is 515 g/mol. The number of rotatable bonds is 11. The molecule has 4 saturated carbocycles. The molecule has 0 spiro atoms. The number of carbonyl (C=O) groups is 2. The van der Waals surface area contributed by atoms with Gasteiger partial charge in [0.15, 0.2) is 0 Å². The number of thiophene rings is 1. The van der Waals surface area contributed by atoms with Gasteiger partial charge in [0.05, 0.1) is 27.4 Å². The summed E-state index contributed by atoms with van der Waals surface area (Å²) in [5.74, 6) is 1.31. The van der Waals surface area contributed by atoms with Crippen LogP contribution in [0.25, 0.3) is 0 Å². The number of carbonyl (C=O) groups excluding carboxylic acids is 2. The van der Waals surface area contributed by atoms with Gasteiger partial charge in [-0.3, -0.25) is 19.5 Å². The minimum atomic E-state index is -0.455. The van der Waals surface area contributed by atoms with Crippen molar-refractivity contribution in [2.45, 2.75) is 89.3 Å². The molecule has 2 aromatic heterocycles. The fourth-order valence-corrected chi connectivity index (χ4v) is 7.36. The molecule has 2 amide bonds. The summed E-state index contributed by atoms with van der Waals surface area (Å²) in [7, 11) is 0. The van der Waals surface area contributed by atoms with Gasteiger partial charge in [-0.1, -0.05) is 44.2 Å². The third-order valence-electron chi connectivity index (χ3n) is 8.21. The Morgan fingerprint density at radius 2 is 2.06 bits per heavy atom. The summed E-state index contributed by atoms with van der Waals surface area (Å²) in [6, 6.07) is 5.55. The Bertz CT molecular complexity index is 1070. The van der Waals surface area contributed by atoms with Gasteiger partial charge in [-0.05, 0) is 69.1 Å². The van der Waals surface area contributed by atoms with Crippen molar-refractivity contribution in [3.8, 4) is 0 Å². The van der Waals surface area contributed by atoms with Crippen LogP contribution in [0.3, 0.4) is 0 Å². The van der Waals surface area contributed by atoms with E-state index in [0.29, 0.717) is 10.9 Å². The third kappa shape index (κ3) is 5.08. The van der Waals surface area contributed by atoms with E-state index in [0.717, 1.165) is 78.5 Å². The lowest BCUT2D eigenvalue weighted by Gasteiger charge is -2.62. The predicted octanol–water partition coefficient (Wildman–Crippen LogP) is 6.25. The number of halogens is 1. The highest BCUT2D eigenvalue weighted by Gasteiger charge is 2.57. The minimum absolute atomic E-state index is 0.00488. The van der Waals surface area contributed by atoms with Gasteiger partial charge in [-0.2, -0.15) is 0 Å². The molecule has 6 nitrogen and oxygen atoms in total. The molecule has 188 valence electrons. The lowest BCUT2D eigenvalue weighted by atomic mass is 9.50. The molecule has 2 heterocycles. The normalized spacial score (nSPS) is 24.7. The van der Waals surface area contributed by atoms with Crippen molar-refractivity contribution in [3.63, 3.8) is 0 Å². The molecule has 8 heteroatoms. The Labute approximate surface area is 216 Å². The minimum Gasteiger partial charge on any atom is -0.376 e. The first-order valence-electron chi connectivity index (χ1n) is 12.9. The predicted molar refractivity (Wildman–Crippen MR) is 142 cm³/mol. The number of aromatic nitrogens is 1. The van der Waals surface area contributed by atoms with Crippen LogP contribution in [-0.4, -0.2) is 28.9 Å². The number of hydrogen-bond acceptors (Lipinski definition) is 5. The summed E-state index contributed by atoms with van der Waals surface area (Å²) < 4.78 is 0. The van der Waals surface area contributed by atoms with Gasteiger partial charge in [0, 0.05) is 16.6 Å². The second-order valence-electron chi connectivity index (χ2n) is 10.7. The molecule has 2 aromatic rings. The molecule has 2 atom stereocenters. The highest BCUT2D eigenvalue weighted by Crippen LogP contribution is 2.57. The largest absolute Gasteiger partial charge is 0.376 e. The van der Waals surface area contributed by atoms with Crippen molar-refractivity contribution < 1.29 is 9.59 Å². The van der Waals surface area contributed by atoms with Gasteiger partial charge in [0.1, 0.15) is 6.04 Å². The maximum absolute atomic E-state index is 13.5. The monoisotopic (exact) mass is 514 g/mol. The quantitative estimate of drug-likeness (QED) is 0.347. The van der Waals surface area contributed by atoms with Crippen molar-refractivity contribution in [2.24, 2.45) is 11.8 Å². The lowest BCUT2D eigenvalue weighted by molar-refractivity contribution is -0.135. The van der Waals surface area contributed by atoms with Gasteiger partial charge in [-0.15, -0.1) is 11.3 Å². The lowest BCUT2D eigenvalue weighted by Crippen LogP contribution is -2.70. The Morgan fingerprint density at radius 3 is 2.69 bits per heavy atom. The smallest absolute Gasteiger partial charge is 0.243 e. The maximum Gasteiger partial charge on any atom is 0.243 e. The Balaban J connectivity index is 1.35. The van der Waals surface area contributed by atoms with Crippen molar-refractivity contribution in [2.75, 3.05) is 10.2 Å². The first-order chi connectivity index (χ1) is 16.9. The average Bonchev–Trinajstić information content (AvgIpc) is 3.48. The molecule has 6 rings (SSSR count). The number of hydrogen-bond donors (Lipinski definition) is 2. The van der Waals surface area contributed by atoms with E-state index in [2.05, 4.69) is 28.6 Å². The SMILES string of the molecule is CC[C@H](Nc1cc(Cl)cnc1C)c1ccc(N(C=O)[C@@H](CC2CCCC2)C(=O)NC23CC(C2)C3)s1. The van der Waals surface area contributed by atoms with Gasteiger partial charge in [0.25, 0.3) is 0 Å². The summed E-state index contributed by atoms with van der Waals surface area (Å²) in [4.78, 5) is 33.1. The van der Waals surface area contributed by atoms with Crippen LogP contribution in [0.4, 0.5) is 10.7 Å². The van der Waals surface area contributed by atoms with Gasteiger partial charge in [0.2, 0.25) is 12.3 Å². The van der Waals surface area contributed by atoms with Crippen molar-refractivity contribution in [1.29, 1.82) is 0 Å². The molecule has 0 aliphatic heterocycles. The van der Waals surface area contributed by atoms with Crippen LogP contribution in [0, 0.1) is 18.8 Å². The van der Waals surface area contributed by atoms with E-state index >= 15 is 0 Å². The van der Waals surface area contributed by atoms with Crippen LogP contribution < -0.4 is 15.5 Å². The number of nitrogens with one attached hydrogen (secondary N) is 2. The first-order valence-corrected chi connectivity index (χ1v) is 14.1. The van der Waals surface area contributed by atoms with Gasteiger partial charge < -0.3 is 10.6 Å². The summed E-state index contributed by atoms with van der Waals surface area (Å²) in [6.07, 6.45) is 12.1. The number of aryl methyl sites for hydroxylation is 1. The molecule has 4 aliphatic rings. The molecule has 2 bridgehead atoms. The van der Waals surface area contributed by atoms with Crippen molar-refractivity contribution in [1.82, 2.24) is 10.3 Å². The van der Waals surface area contributed by atoms with E-state index in [1.165, 1.54) is 12.8 Å². The Kier molecular flexibility index (Phi) is 7.09. The Morgan fingerprint density at radius 1 is 1.31 bits per heavy atom. The summed E-state index contributed by atoms with van der Waals surface area (Å²) in [5.41, 5.74) is 1.80. The topological polar surface area (TPSA) is 74.3 Å². The summed E-state index contributed by atoms with van der Waals surface area (Å²) in [5, 5.41) is 8.32. The van der Waals surface area contributed by atoms with Gasteiger partial charge in [-0.25, -0.2) is 0 Å². The zero-order valence-electron chi connectivity index (χ0n) is 20.6. The molecular formula is C27H35ClN4O2S. The third-order valence-corrected chi connectivity index (χ3v) is 9.63. The standard InChI is InChI=1S/C27H35ClN4O2S/c1-3-21(30-22-11-20(28)15-29-17(22)2)24-8-9-25(35-24)32(16-33)23(10-18-6-4-5-7-18)26(34)31-27-12-19(13-27)14-27/h8-9,11,15-16,18-19,21,23,30H,3-7,10,12-14H2,1-2H3,(H,31,34)/t19?,21-,23-,27?/m0/s1. The van der Waals surface area contributed by atoms with Crippen molar-refractivity contribution in [3.05, 3.63) is 40.0 Å². The summed E-state index contributed by atoms with van der Waals surface area (Å²) in [6.45, 7) is 4.08. The number of nitrogens with zero attached hydrogens (tertiary/aromatic N) is 2. The molecular weight excluding hydrogens is 480 g/mol. The molecule has 2 N–H and O–H groups in total. The molecule has 0 unspecified atom stereocenters. The van der Waals surface area contributed by atoms with Crippen LogP contribution >= 0.6 is 22.9 Å². The van der Waals surface area contributed by atoms with Gasteiger partial charge >= 0.3 is 0 Å². The maximum atomic E-state index is 13.5. The highest BCUT2D eigenvalue weighted by molar-refractivity contribution is 7.16. The molecule has 35 heavy (non-hydrogen) atoms. The zero-order chi connectivity index (χ0) is 24.6. The van der Waals surface area contributed by atoms with E-state index in [9.17, 15) is 9.59 Å². The van der Waals surface area contributed by atoms with Crippen LogP contribution in [0.1, 0.15) is 81.3 Å². The highest BCUT2D eigenvalue weighted by atomic mass is 35.5. The zero-order valence-corrected chi connectivity index (χ0v) is 22.1. The molecule has 4 fully saturated rings. The first kappa shape index (κ1) is 24.6.